The molecule has 1 aliphatic rings. The summed E-state index contributed by atoms with van der Waals surface area (Å²) >= 11 is 0. The number of carboxylic acid groups (broad SMARTS) is 1. The molecular formula is C19H23N3O4. The van der Waals surface area contributed by atoms with E-state index in [0.29, 0.717) is 30.8 Å². The number of aromatic nitrogens is 2. The fourth-order valence-electron chi connectivity index (χ4n) is 3.46. The molecule has 2 heterocycles. The van der Waals surface area contributed by atoms with Gasteiger partial charge in [0.1, 0.15) is 11.4 Å². The van der Waals surface area contributed by atoms with Gasteiger partial charge in [-0.15, -0.1) is 0 Å². The normalized spacial score (nSPS) is 20.0. The average molecular weight is 357 g/mol. The van der Waals surface area contributed by atoms with E-state index in [9.17, 15) is 14.7 Å². The number of rotatable bonds is 4. The zero-order valence-electron chi connectivity index (χ0n) is 15.2. The number of carboxylic acids is 1. The average Bonchev–Trinajstić information content (AvgIpc) is 3.11. The maximum atomic E-state index is 12.9. The van der Waals surface area contributed by atoms with Gasteiger partial charge in [0.25, 0.3) is 5.91 Å². The molecule has 1 aliphatic heterocycles. The molecule has 1 amide bonds. The summed E-state index contributed by atoms with van der Waals surface area (Å²) < 4.78 is 6.99. The van der Waals surface area contributed by atoms with Crippen LogP contribution in [0, 0.1) is 12.8 Å². The molecular weight excluding hydrogens is 334 g/mol. The van der Waals surface area contributed by atoms with Crippen LogP contribution in [0.25, 0.3) is 5.69 Å². The fraction of sp³-hybridized carbons (Fsp3) is 0.421. The summed E-state index contributed by atoms with van der Waals surface area (Å²) in [5.41, 5.74) is 2.10. The number of piperidine rings is 1. The zero-order chi connectivity index (χ0) is 18.8. The van der Waals surface area contributed by atoms with Crippen molar-refractivity contribution in [2.24, 2.45) is 5.92 Å². The third-order valence-electron chi connectivity index (χ3n) is 4.96. The Morgan fingerprint density at radius 3 is 2.77 bits per heavy atom. The smallest absolute Gasteiger partial charge is 0.308 e. The van der Waals surface area contributed by atoms with Crippen LogP contribution in [-0.2, 0) is 4.79 Å². The molecule has 2 atom stereocenters. The molecule has 2 aromatic rings. The Morgan fingerprint density at radius 2 is 2.08 bits per heavy atom. The number of nitrogens with zero attached hydrogens (tertiary/aromatic N) is 3. The van der Waals surface area contributed by atoms with Crippen LogP contribution in [0.3, 0.4) is 0 Å². The van der Waals surface area contributed by atoms with Gasteiger partial charge in [0, 0.05) is 18.8 Å². The van der Waals surface area contributed by atoms with Gasteiger partial charge in [0.05, 0.1) is 13.0 Å². The first kappa shape index (κ1) is 18.0. The molecule has 1 fully saturated rings. The highest BCUT2D eigenvalue weighted by Gasteiger charge is 2.36. The van der Waals surface area contributed by atoms with Crippen molar-refractivity contribution < 1.29 is 19.4 Å². The lowest BCUT2D eigenvalue weighted by atomic mass is 9.90. The molecule has 7 nitrogen and oxygen atoms in total. The first-order valence-corrected chi connectivity index (χ1v) is 8.67. The van der Waals surface area contributed by atoms with Crippen molar-refractivity contribution in [3.63, 3.8) is 0 Å². The van der Waals surface area contributed by atoms with Crippen molar-refractivity contribution in [2.75, 3.05) is 13.7 Å². The number of methoxy groups -OCH3 is 1. The molecule has 0 unspecified atom stereocenters. The molecule has 26 heavy (non-hydrogen) atoms. The Hall–Kier alpha value is -2.83. The van der Waals surface area contributed by atoms with Crippen LogP contribution in [0.4, 0.5) is 0 Å². The molecule has 3 rings (SSSR count). The van der Waals surface area contributed by atoms with Crippen LogP contribution in [0.2, 0.25) is 0 Å². The molecule has 138 valence electrons. The van der Waals surface area contributed by atoms with E-state index in [0.717, 1.165) is 11.3 Å². The molecule has 0 bridgehead atoms. The third kappa shape index (κ3) is 3.29. The largest absolute Gasteiger partial charge is 0.494 e. The van der Waals surface area contributed by atoms with Crippen LogP contribution in [0.5, 0.6) is 5.75 Å². The number of benzene rings is 1. The first-order chi connectivity index (χ1) is 12.4. The van der Waals surface area contributed by atoms with E-state index in [1.165, 1.54) is 0 Å². The summed E-state index contributed by atoms with van der Waals surface area (Å²) in [7, 11) is 1.59. The zero-order valence-corrected chi connectivity index (χ0v) is 15.2. The Morgan fingerprint density at radius 1 is 1.31 bits per heavy atom. The Balaban J connectivity index is 1.87. The van der Waals surface area contributed by atoms with E-state index in [-0.39, 0.29) is 11.9 Å². The molecule has 1 N–H and O–H groups in total. The molecule has 7 heteroatoms. The molecule has 0 saturated carbocycles. The minimum atomic E-state index is -0.856. The highest BCUT2D eigenvalue weighted by molar-refractivity contribution is 5.93. The second-order valence-electron chi connectivity index (χ2n) is 6.65. The molecule has 1 aromatic heterocycles. The van der Waals surface area contributed by atoms with Crippen LogP contribution in [0.1, 0.15) is 35.8 Å². The van der Waals surface area contributed by atoms with E-state index < -0.39 is 11.9 Å². The Labute approximate surface area is 152 Å². The number of carbonyl (C=O) groups is 2. The fourth-order valence-corrected chi connectivity index (χ4v) is 3.46. The quantitative estimate of drug-likeness (QED) is 0.909. The van der Waals surface area contributed by atoms with Gasteiger partial charge in [-0.2, -0.15) is 5.10 Å². The van der Waals surface area contributed by atoms with E-state index in [1.54, 1.807) is 35.9 Å². The maximum Gasteiger partial charge on any atom is 0.308 e. The van der Waals surface area contributed by atoms with E-state index >= 15 is 0 Å². The topological polar surface area (TPSA) is 84.7 Å². The predicted octanol–water partition coefficient (Wildman–Crippen LogP) is 2.51. The van der Waals surface area contributed by atoms with Gasteiger partial charge >= 0.3 is 5.97 Å². The predicted molar refractivity (Wildman–Crippen MR) is 95.7 cm³/mol. The number of hydrogen-bond donors (Lipinski definition) is 1. The maximum absolute atomic E-state index is 12.9. The van der Waals surface area contributed by atoms with Crippen molar-refractivity contribution in [1.29, 1.82) is 0 Å². The molecule has 0 radical (unpaired) electrons. The second kappa shape index (κ2) is 7.19. The van der Waals surface area contributed by atoms with Gasteiger partial charge in [-0.1, -0.05) is 6.07 Å². The van der Waals surface area contributed by atoms with Gasteiger partial charge in [-0.3, -0.25) is 9.59 Å². The molecule has 1 saturated heterocycles. The Kier molecular flexibility index (Phi) is 4.97. The summed E-state index contributed by atoms with van der Waals surface area (Å²) in [6.07, 6.45) is 2.99. The molecule has 0 spiro atoms. The number of amides is 1. The van der Waals surface area contributed by atoms with Gasteiger partial charge in [0.2, 0.25) is 0 Å². The van der Waals surface area contributed by atoms with E-state index in [4.69, 9.17) is 4.74 Å². The summed E-state index contributed by atoms with van der Waals surface area (Å²) in [5.74, 6) is -0.972. The molecule has 1 aromatic carbocycles. The standard InChI is InChI=1S/C19H23N3O4/c1-12-6-7-17(26-3)16(11-12)22-10-8-15(20-22)18(23)21-9-4-5-14(13(21)2)19(24)25/h6-8,10-11,13-14H,4-5,9H2,1-3H3,(H,24,25)/t13-,14-/m0/s1. The lowest BCUT2D eigenvalue weighted by Gasteiger charge is -2.37. The number of aliphatic carboxylic acids is 1. The molecule has 0 aliphatic carbocycles. The van der Waals surface area contributed by atoms with Crippen LogP contribution >= 0.6 is 0 Å². The highest BCUT2D eigenvalue weighted by atomic mass is 16.5. The number of ether oxygens (including phenoxy) is 1. The number of hydrogen-bond acceptors (Lipinski definition) is 4. The van der Waals surface area contributed by atoms with Crippen molar-refractivity contribution in [3.05, 3.63) is 41.7 Å². The van der Waals surface area contributed by atoms with E-state index in [2.05, 4.69) is 5.10 Å². The number of likely N-dealkylation sites (tertiary alicyclic amines) is 1. The minimum absolute atomic E-state index is 0.242. The van der Waals surface area contributed by atoms with Crippen LogP contribution in [-0.4, -0.2) is 51.4 Å². The minimum Gasteiger partial charge on any atom is -0.494 e. The summed E-state index contributed by atoms with van der Waals surface area (Å²) in [6.45, 7) is 4.31. The van der Waals surface area contributed by atoms with Gasteiger partial charge in [-0.05, 0) is 50.5 Å². The van der Waals surface area contributed by atoms with Crippen LogP contribution in [0.15, 0.2) is 30.5 Å². The van der Waals surface area contributed by atoms with Crippen LogP contribution < -0.4 is 4.74 Å². The number of aryl methyl sites for hydroxylation is 1. The highest BCUT2D eigenvalue weighted by Crippen LogP contribution is 2.26. The van der Waals surface area contributed by atoms with Crippen molar-refractivity contribution in [2.45, 2.75) is 32.7 Å². The van der Waals surface area contributed by atoms with Crippen molar-refractivity contribution >= 4 is 11.9 Å². The second-order valence-corrected chi connectivity index (χ2v) is 6.65. The van der Waals surface area contributed by atoms with Crippen molar-refractivity contribution in [1.82, 2.24) is 14.7 Å². The monoisotopic (exact) mass is 357 g/mol. The van der Waals surface area contributed by atoms with Gasteiger partial charge in [-0.25, -0.2) is 4.68 Å². The van der Waals surface area contributed by atoms with Gasteiger partial charge in [0.15, 0.2) is 5.69 Å². The SMILES string of the molecule is COc1ccc(C)cc1-n1ccc(C(=O)N2CCC[C@H](C(=O)O)[C@@H]2C)n1. The van der Waals surface area contributed by atoms with Gasteiger partial charge < -0.3 is 14.7 Å². The summed E-state index contributed by atoms with van der Waals surface area (Å²) in [5, 5.41) is 13.8. The summed E-state index contributed by atoms with van der Waals surface area (Å²) in [6, 6.07) is 7.04. The first-order valence-electron chi connectivity index (χ1n) is 8.67. The lowest BCUT2D eigenvalue weighted by molar-refractivity contribution is -0.144. The van der Waals surface area contributed by atoms with Crippen molar-refractivity contribution in [3.8, 4) is 11.4 Å². The number of carbonyl (C=O) groups excluding carboxylic acids is 1. The lowest BCUT2D eigenvalue weighted by Crippen LogP contribution is -2.49. The Bertz CT molecular complexity index is 830. The summed E-state index contributed by atoms with van der Waals surface area (Å²) in [4.78, 5) is 25.9. The third-order valence-corrected chi connectivity index (χ3v) is 4.96. The van der Waals surface area contributed by atoms with E-state index in [1.807, 2.05) is 25.1 Å².